The van der Waals surface area contributed by atoms with Crippen LogP contribution in [0.5, 0.6) is 0 Å². The van der Waals surface area contributed by atoms with Crippen molar-refractivity contribution in [2.75, 3.05) is 6.61 Å². The maximum Gasteiger partial charge on any atom is 0.220 e. The zero-order chi connectivity index (χ0) is 45.6. The summed E-state index contributed by atoms with van der Waals surface area (Å²) in [5.74, 6) is -0.0598. The van der Waals surface area contributed by atoms with Gasteiger partial charge in [-0.25, -0.2) is 0 Å². The molecule has 0 saturated carbocycles. The Bertz CT molecular complexity index is 916. The summed E-state index contributed by atoms with van der Waals surface area (Å²) in [6, 6.07) is -0.617. The summed E-state index contributed by atoms with van der Waals surface area (Å²) in [6.45, 7) is 4.31. The van der Waals surface area contributed by atoms with Gasteiger partial charge in [-0.1, -0.05) is 301 Å². The zero-order valence-electron chi connectivity index (χ0n) is 43.1. The molecule has 4 nitrogen and oxygen atoms in total. The molecule has 0 saturated heterocycles. The average molecular weight is 887 g/mol. The van der Waals surface area contributed by atoms with Crippen LogP contribution in [0, 0.1) is 0 Å². The third kappa shape index (κ3) is 51.7. The molecule has 4 heteroatoms. The first-order valence-electron chi connectivity index (χ1n) is 29.1. The standard InChI is InChI=1S/C59H115NO3/c1-3-5-7-9-11-13-15-16-17-18-19-20-21-22-23-24-25-26-27-28-29-30-31-32-33-34-35-36-37-38-39-40-41-42-43-44-45-47-49-51-53-55-59(63)60-57(56-61)58(62)54-52-50-48-46-14-12-10-8-6-4-2/h18-19,52,54,57-58,61-62H,3-17,20-51,53,55-56H2,1-2H3,(H,60,63)/b19-18-,54-52+. The number of carbonyl (C=O) groups is 1. The van der Waals surface area contributed by atoms with E-state index in [2.05, 4.69) is 31.3 Å². The van der Waals surface area contributed by atoms with Crippen LogP contribution in [0.4, 0.5) is 0 Å². The van der Waals surface area contributed by atoms with E-state index < -0.39 is 12.1 Å². The van der Waals surface area contributed by atoms with E-state index in [0.29, 0.717) is 6.42 Å². The van der Waals surface area contributed by atoms with Gasteiger partial charge in [0.2, 0.25) is 5.91 Å². The van der Waals surface area contributed by atoms with Gasteiger partial charge in [0.25, 0.3) is 0 Å². The van der Waals surface area contributed by atoms with Gasteiger partial charge in [-0.3, -0.25) is 4.79 Å². The van der Waals surface area contributed by atoms with Gasteiger partial charge >= 0.3 is 0 Å². The summed E-state index contributed by atoms with van der Waals surface area (Å²) in [6.07, 6.45) is 73.8. The summed E-state index contributed by atoms with van der Waals surface area (Å²) in [4.78, 5) is 12.4. The van der Waals surface area contributed by atoms with Crippen LogP contribution in [0.2, 0.25) is 0 Å². The van der Waals surface area contributed by atoms with Crippen molar-refractivity contribution in [2.45, 2.75) is 341 Å². The number of aliphatic hydroxyl groups is 2. The number of hydrogen-bond donors (Lipinski definition) is 3. The molecule has 63 heavy (non-hydrogen) atoms. The molecule has 0 spiro atoms. The lowest BCUT2D eigenvalue weighted by Gasteiger charge is -2.20. The van der Waals surface area contributed by atoms with E-state index in [1.807, 2.05) is 6.08 Å². The number of hydrogen-bond acceptors (Lipinski definition) is 3. The molecule has 0 radical (unpaired) electrons. The van der Waals surface area contributed by atoms with Crippen molar-refractivity contribution in [3.63, 3.8) is 0 Å². The van der Waals surface area contributed by atoms with Crippen LogP contribution < -0.4 is 5.32 Å². The molecule has 3 N–H and O–H groups in total. The van der Waals surface area contributed by atoms with Gasteiger partial charge in [0.05, 0.1) is 18.8 Å². The lowest BCUT2D eigenvalue weighted by Crippen LogP contribution is -2.45. The monoisotopic (exact) mass is 886 g/mol. The summed E-state index contributed by atoms with van der Waals surface area (Å²) < 4.78 is 0. The number of nitrogens with one attached hydrogen (secondary N) is 1. The van der Waals surface area contributed by atoms with E-state index in [-0.39, 0.29) is 12.5 Å². The second-order valence-electron chi connectivity index (χ2n) is 20.1. The number of amides is 1. The predicted octanol–water partition coefficient (Wildman–Crippen LogP) is 19.1. The highest BCUT2D eigenvalue weighted by atomic mass is 16.3. The molecule has 0 fully saturated rings. The first-order chi connectivity index (χ1) is 31.2. The van der Waals surface area contributed by atoms with Gasteiger partial charge < -0.3 is 15.5 Å². The summed E-state index contributed by atoms with van der Waals surface area (Å²) in [7, 11) is 0. The van der Waals surface area contributed by atoms with E-state index in [1.165, 1.54) is 283 Å². The van der Waals surface area contributed by atoms with Crippen molar-refractivity contribution in [1.29, 1.82) is 0 Å². The minimum atomic E-state index is -0.834. The van der Waals surface area contributed by atoms with Crippen LogP contribution in [-0.2, 0) is 4.79 Å². The average Bonchev–Trinajstić information content (AvgIpc) is 3.29. The minimum absolute atomic E-state index is 0.0598. The Morgan fingerprint density at radius 1 is 0.365 bits per heavy atom. The first kappa shape index (κ1) is 61.9. The number of unbranched alkanes of at least 4 members (excludes halogenated alkanes) is 45. The fourth-order valence-electron chi connectivity index (χ4n) is 9.24. The van der Waals surface area contributed by atoms with Crippen molar-refractivity contribution in [3.8, 4) is 0 Å². The van der Waals surface area contributed by atoms with Crippen LogP contribution in [0.15, 0.2) is 24.3 Å². The number of aliphatic hydroxyl groups excluding tert-OH is 2. The van der Waals surface area contributed by atoms with E-state index in [1.54, 1.807) is 6.08 Å². The fourth-order valence-corrected chi connectivity index (χ4v) is 9.24. The molecule has 0 aromatic carbocycles. The van der Waals surface area contributed by atoms with Crippen molar-refractivity contribution >= 4 is 5.91 Å². The largest absolute Gasteiger partial charge is 0.394 e. The fraction of sp³-hybridized carbons (Fsp3) is 0.915. The molecule has 0 aliphatic rings. The second kappa shape index (κ2) is 55.2. The number of rotatable bonds is 54. The molecule has 0 heterocycles. The van der Waals surface area contributed by atoms with Crippen molar-refractivity contribution in [2.24, 2.45) is 0 Å². The van der Waals surface area contributed by atoms with E-state index in [4.69, 9.17) is 0 Å². The van der Waals surface area contributed by atoms with Crippen LogP contribution >= 0.6 is 0 Å². The van der Waals surface area contributed by atoms with Gasteiger partial charge in [0, 0.05) is 6.42 Å². The first-order valence-corrected chi connectivity index (χ1v) is 29.1. The lowest BCUT2D eigenvalue weighted by molar-refractivity contribution is -0.123. The minimum Gasteiger partial charge on any atom is -0.394 e. The Balaban J connectivity index is 3.31. The normalized spacial score (nSPS) is 12.9. The summed E-state index contributed by atoms with van der Waals surface area (Å²) in [5, 5.41) is 23.0. The Labute approximate surface area is 396 Å². The zero-order valence-corrected chi connectivity index (χ0v) is 43.1. The SMILES string of the molecule is CCCCCCCCCC/C=C\CCCCCCCCCCCCCCCCCCCCCCCCCCCCCCCC(=O)NC(CO)C(O)/C=C/CCCCCCCCCC. The topological polar surface area (TPSA) is 69.6 Å². The van der Waals surface area contributed by atoms with Crippen molar-refractivity contribution in [3.05, 3.63) is 24.3 Å². The maximum absolute atomic E-state index is 12.4. The Morgan fingerprint density at radius 3 is 0.873 bits per heavy atom. The molecular formula is C59H115NO3. The lowest BCUT2D eigenvalue weighted by atomic mass is 10.0. The van der Waals surface area contributed by atoms with Crippen LogP contribution in [0.1, 0.15) is 328 Å². The summed E-state index contributed by atoms with van der Waals surface area (Å²) >= 11 is 0. The van der Waals surface area contributed by atoms with Crippen molar-refractivity contribution in [1.82, 2.24) is 5.32 Å². The Morgan fingerprint density at radius 2 is 0.603 bits per heavy atom. The third-order valence-electron chi connectivity index (χ3n) is 13.7. The van der Waals surface area contributed by atoms with E-state index in [0.717, 1.165) is 25.7 Å². The number of carbonyl (C=O) groups excluding carboxylic acids is 1. The smallest absolute Gasteiger partial charge is 0.220 e. The Kier molecular flexibility index (Phi) is 54.2. The summed E-state index contributed by atoms with van der Waals surface area (Å²) in [5.41, 5.74) is 0. The highest BCUT2D eigenvalue weighted by Gasteiger charge is 2.18. The highest BCUT2D eigenvalue weighted by Crippen LogP contribution is 2.18. The maximum atomic E-state index is 12.4. The third-order valence-corrected chi connectivity index (χ3v) is 13.7. The van der Waals surface area contributed by atoms with Gasteiger partial charge in [0.15, 0.2) is 0 Å². The molecule has 0 aliphatic carbocycles. The molecule has 0 aliphatic heterocycles. The van der Waals surface area contributed by atoms with Crippen LogP contribution in [0.25, 0.3) is 0 Å². The predicted molar refractivity (Wildman–Crippen MR) is 281 cm³/mol. The van der Waals surface area contributed by atoms with Gasteiger partial charge in [-0.05, 0) is 44.9 Å². The molecule has 0 aromatic heterocycles. The van der Waals surface area contributed by atoms with Gasteiger partial charge in [0.1, 0.15) is 0 Å². The Hall–Kier alpha value is -1.13. The molecular weight excluding hydrogens is 771 g/mol. The van der Waals surface area contributed by atoms with Gasteiger partial charge in [-0.2, -0.15) is 0 Å². The molecule has 0 bridgehead atoms. The van der Waals surface area contributed by atoms with E-state index >= 15 is 0 Å². The van der Waals surface area contributed by atoms with Crippen molar-refractivity contribution < 1.29 is 15.0 Å². The molecule has 374 valence electrons. The van der Waals surface area contributed by atoms with Crippen LogP contribution in [-0.4, -0.2) is 34.9 Å². The van der Waals surface area contributed by atoms with Gasteiger partial charge in [-0.15, -0.1) is 0 Å². The second-order valence-corrected chi connectivity index (χ2v) is 20.1. The quantitative estimate of drug-likeness (QED) is 0.0421. The molecule has 0 aromatic rings. The molecule has 2 atom stereocenters. The van der Waals surface area contributed by atoms with E-state index in [9.17, 15) is 15.0 Å². The molecule has 1 amide bonds. The molecule has 0 rings (SSSR count). The number of allylic oxidation sites excluding steroid dienone is 3. The molecule has 2 unspecified atom stereocenters. The van der Waals surface area contributed by atoms with Crippen LogP contribution in [0.3, 0.4) is 0 Å². The highest BCUT2D eigenvalue weighted by molar-refractivity contribution is 5.76.